The number of rotatable bonds is 8. The quantitative estimate of drug-likeness (QED) is 0.704. The maximum Gasteiger partial charge on any atom is 0.373 e. The Morgan fingerprint density at radius 2 is 1.88 bits per heavy atom. The third kappa shape index (κ3) is 5.29. The van der Waals surface area contributed by atoms with Crippen molar-refractivity contribution in [3.8, 4) is 5.75 Å². The Hall–Kier alpha value is -1.65. The van der Waals surface area contributed by atoms with Crippen molar-refractivity contribution in [1.82, 2.24) is 9.97 Å². The molecular weight excluding hydrogens is 220 g/mol. The molecule has 1 aromatic rings. The molecule has 0 spiro atoms. The molecule has 0 bridgehead atoms. The van der Waals surface area contributed by atoms with Crippen LogP contribution < -0.4 is 4.74 Å². The molecule has 0 atom stereocenters. The number of ether oxygens (including phenoxy) is 1. The van der Waals surface area contributed by atoms with Gasteiger partial charge in [0, 0.05) is 0 Å². The first-order chi connectivity index (χ1) is 8.24. The molecule has 0 aliphatic carbocycles. The van der Waals surface area contributed by atoms with Crippen molar-refractivity contribution in [2.45, 2.75) is 39.0 Å². The van der Waals surface area contributed by atoms with Crippen LogP contribution in [0.1, 0.15) is 49.6 Å². The van der Waals surface area contributed by atoms with Crippen LogP contribution in [0.4, 0.5) is 0 Å². The number of hydrogen-bond acceptors (Lipinski definition) is 4. The van der Waals surface area contributed by atoms with Crippen molar-refractivity contribution < 1.29 is 14.6 Å². The lowest BCUT2D eigenvalue weighted by molar-refractivity contribution is 0.0683. The third-order valence-electron chi connectivity index (χ3n) is 2.34. The van der Waals surface area contributed by atoms with Crippen molar-refractivity contribution in [2.75, 3.05) is 6.61 Å². The molecule has 0 radical (unpaired) electrons. The maximum absolute atomic E-state index is 10.5. The predicted octanol–water partition coefficient (Wildman–Crippen LogP) is 2.52. The monoisotopic (exact) mass is 238 g/mol. The Morgan fingerprint density at radius 1 is 1.24 bits per heavy atom. The number of aromatic nitrogens is 2. The van der Waals surface area contributed by atoms with Crippen molar-refractivity contribution >= 4 is 5.97 Å². The summed E-state index contributed by atoms with van der Waals surface area (Å²) in [6.07, 6.45) is 8.66. The van der Waals surface area contributed by atoms with Crippen LogP contribution in [0.15, 0.2) is 12.4 Å². The number of nitrogens with zero attached hydrogens (tertiary/aromatic N) is 2. The highest BCUT2D eigenvalue weighted by Crippen LogP contribution is 2.08. The second kappa shape index (κ2) is 7.60. The molecule has 1 aromatic heterocycles. The molecule has 0 amide bonds. The highest BCUT2D eigenvalue weighted by atomic mass is 16.5. The van der Waals surface area contributed by atoms with Crippen LogP contribution in [0.25, 0.3) is 0 Å². The highest BCUT2D eigenvalue weighted by Gasteiger charge is 2.05. The summed E-state index contributed by atoms with van der Waals surface area (Å²) in [6, 6.07) is 0. The normalized spacial score (nSPS) is 10.2. The molecule has 0 fully saturated rings. The van der Waals surface area contributed by atoms with Gasteiger partial charge in [-0.15, -0.1) is 0 Å². The third-order valence-corrected chi connectivity index (χ3v) is 2.34. The summed E-state index contributed by atoms with van der Waals surface area (Å²) in [5.41, 5.74) is 0. The van der Waals surface area contributed by atoms with Crippen LogP contribution in [0, 0.1) is 0 Å². The SMILES string of the molecule is CCCCCCCOc1cnc(C(=O)O)nc1. The molecule has 17 heavy (non-hydrogen) atoms. The molecule has 0 unspecified atom stereocenters. The molecule has 0 saturated carbocycles. The summed E-state index contributed by atoms with van der Waals surface area (Å²) >= 11 is 0. The standard InChI is InChI=1S/C12H18N2O3/c1-2-3-4-5-6-7-17-10-8-13-11(12(15)16)14-9-10/h8-9H,2-7H2,1H3,(H,15,16). The first kappa shape index (κ1) is 13.4. The van der Waals surface area contributed by atoms with Crippen LogP contribution in [-0.4, -0.2) is 27.7 Å². The Labute approximate surface area is 101 Å². The first-order valence-electron chi connectivity index (χ1n) is 5.92. The van der Waals surface area contributed by atoms with Gasteiger partial charge in [0.2, 0.25) is 5.82 Å². The van der Waals surface area contributed by atoms with Crippen molar-refractivity contribution in [3.05, 3.63) is 18.2 Å². The number of carbonyl (C=O) groups is 1. The minimum absolute atomic E-state index is 0.208. The van der Waals surface area contributed by atoms with Gasteiger partial charge in [-0.2, -0.15) is 0 Å². The summed E-state index contributed by atoms with van der Waals surface area (Å²) in [4.78, 5) is 17.8. The lowest BCUT2D eigenvalue weighted by atomic mass is 10.2. The topological polar surface area (TPSA) is 72.3 Å². The van der Waals surface area contributed by atoms with Crippen LogP contribution in [0.3, 0.4) is 0 Å². The lowest BCUT2D eigenvalue weighted by Gasteiger charge is -2.04. The van der Waals surface area contributed by atoms with E-state index < -0.39 is 5.97 Å². The molecule has 0 aromatic carbocycles. The first-order valence-corrected chi connectivity index (χ1v) is 5.92. The Bertz CT molecular complexity index is 338. The fraction of sp³-hybridized carbons (Fsp3) is 0.583. The Balaban J connectivity index is 2.21. The van der Waals surface area contributed by atoms with Gasteiger partial charge in [0.1, 0.15) is 0 Å². The van der Waals surface area contributed by atoms with E-state index in [-0.39, 0.29) is 5.82 Å². The second-order valence-corrected chi connectivity index (χ2v) is 3.81. The lowest BCUT2D eigenvalue weighted by Crippen LogP contribution is -2.04. The molecule has 1 rings (SSSR count). The van der Waals surface area contributed by atoms with E-state index in [2.05, 4.69) is 16.9 Å². The fourth-order valence-corrected chi connectivity index (χ4v) is 1.40. The van der Waals surface area contributed by atoms with Crippen LogP contribution in [0.5, 0.6) is 5.75 Å². The molecule has 0 saturated heterocycles. The smallest absolute Gasteiger partial charge is 0.373 e. The minimum atomic E-state index is -1.13. The summed E-state index contributed by atoms with van der Waals surface area (Å²) in [6.45, 7) is 2.80. The van der Waals surface area contributed by atoms with Crippen LogP contribution in [0.2, 0.25) is 0 Å². The van der Waals surface area contributed by atoms with E-state index in [1.807, 2.05) is 0 Å². The van der Waals surface area contributed by atoms with Gasteiger partial charge in [0.25, 0.3) is 0 Å². The van der Waals surface area contributed by atoms with Crippen molar-refractivity contribution in [2.24, 2.45) is 0 Å². The van der Waals surface area contributed by atoms with Gasteiger partial charge in [-0.3, -0.25) is 0 Å². The predicted molar refractivity (Wildman–Crippen MR) is 63.2 cm³/mol. The van der Waals surface area contributed by atoms with Crippen molar-refractivity contribution in [3.63, 3.8) is 0 Å². The average Bonchev–Trinajstić information content (AvgIpc) is 2.34. The van der Waals surface area contributed by atoms with Gasteiger partial charge >= 0.3 is 5.97 Å². The summed E-state index contributed by atoms with van der Waals surface area (Å²) < 4.78 is 5.40. The molecule has 1 N–H and O–H groups in total. The van der Waals surface area contributed by atoms with Crippen LogP contribution in [-0.2, 0) is 0 Å². The number of aromatic carboxylic acids is 1. The van der Waals surface area contributed by atoms with Gasteiger partial charge in [-0.05, 0) is 6.42 Å². The summed E-state index contributed by atoms with van der Waals surface area (Å²) in [5.74, 6) is -0.818. The van der Waals surface area contributed by atoms with Gasteiger partial charge in [-0.1, -0.05) is 32.6 Å². The van der Waals surface area contributed by atoms with E-state index in [4.69, 9.17) is 9.84 Å². The van der Waals surface area contributed by atoms with Crippen LogP contribution >= 0.6 is 0 Å². The highest BCUT2D eigenvalue weighted by molar-refractivity contribution is 5.82. The number of carboxylic acid groups (broad SMARTS) is 1. The Kier molecular flexibility index (Phi) is 5.99. The summed E-state index contributed by atoms with van der Waals surface area (Å²) in [7, 11) is 0. The van der Waals surface area contributed by atoms with E-state index in [1.54, 1.807) is 0 Å². The minimum Gasteiger partial charge on any atom is -0.490 e. The molecule has 94 valence electrons. The zero-order chi connectivity index (χ0) is 12.5. The van der Waals surface area contributed by atoms with E-state index in [1.165, 1.54) is 31.7 Å². The van der Waals surface area contributed by atoms with Gasteiger partial charge < -0.3 is 9.84 Å². The average molecular weight is 238 g/mol. The Morgan fingerprint density at radius 3 is 2.47 bits per heavy atom. The van der Waals surface area contributed by atoms with Crippen molar-refractivity contribution in [1.29, 1.82) is 0 Å². The van der Waals surface area contributed by atoms with E-state index in [0.29, 0.717) is 12.4 Å². The summed E-state index contributed by atoms with van der Waals surface area (Å²) in [5, 5.41) is 8.61. The largest absolute Gasteiger partial charge is 0.490 e. The molecular formula is C12H18N2O3. The zero-order valence-corrected chi connectivity index (χ0v) is 10.1. The van der Waals surface area contributed by atoms with Gasteiger partial charge in [0.15, 0.2) is 5.75 Å². The second-order valence-electron chi connectivity index (χ2n) is 3.81. The van der Waals surface area contributed by atoms with E-state index in [9.17, 15) is 4.79 Å². The molecule has 5 heteroatoms. The van der Waals surface area contributed by atoms with Gasteiger partial charge in [0.05, 0.1) is 19.0 Å². The zero-order valence-electron chi connectivity index (χ0n) is 10.1. The van der Waals surface area contributed by atoms with E-state index in [0.717, 1.165) is 12.8 Å². The number of hydrogen-bond donors (Lipinski definition) is 1. The molecule has 5 nitrogen and oxygen atoms in total. The van der Waals surface area contributed by atoms with Gasteiger partial charge in [-0.25, -0.2) is 14.8 Å². The molecule has 0 aliphatic heterocycles. The van der Waals surface area contributed by atoms with E-state index >= 15 is 0 Å². The number of unbranched alkanes of at least 4 members (excludes halogenated alkanes) is 4. The molecule has 0 aliphatic rings. The fourth-order valence-electron chi connectivity index (χ4n) is 1.40. The maximum atomic E-state index is 10.5. The molecule has 1 heterocycles. The number of carboxylic acids is 1.